The number of carboxylic acid groups (broad SMARTS) is 6. The number of nitrogens with zero attached hydrogens (tertiary/aromatic N) is 6. The third-order valence-electron chi connectivity index (χ3n) is 19.7. The van der Waals surface area contributed by atoms with Gasteiger partial charge in [0.1, 0.15) is 105 Å². The number of methoxy groups -OCH3 is 2. The topological polar surface area (TPSA) is 423 Å². The summed E-state index contributed by atoms with van der Waals surface area (Å²) in [5.41, 5.74) is -5.95. The van der Waals surface area contributed by atoms with E-state index in [0.717, 1.165) is 47.4 Å². The summed E-state index contributed by atoms with van der Waals surface area (Å²) in [4.78, 5) is 117. The second-order valence-corrected chi connectivity index (χ2v) is 27.1. The summed E-state index contributed by atoms with van der Waals surface area (Å²) in [5, 5.41) is 86.1. The normalized spacial score (nSPS) is 17.6. The van der Waals surface area contributed by atoms with Gasteiger partial charge in [-0.05, 0) is 129 Å². The molecule has 32 nitrogen and oxygen atoms in total. The quantitative estimate of drug-likeness (QED) is 0.0124. The van der Waals surface area contributed by atoms with Gasteiger partial charge in [0.05, 0.1) is 81.2 Å². The minimum atomic E-state index is -2.30. The molecule has 5 atom stereocenters. The average molecular weight is 1530 g/mol. The molecule has 0 aromatic heterocycles. The molecule has 6 N–H and O–H groups in total. The molecule has 1 aliphatic heterocycles. The SMILES string of the molecule is CCN(CC(=O)O)c1ccc(OC)cc1O[C@@H]1CCC[C@@H]1Oc1cc([N+](=O)[O-])c(COc2cc3c(cc2F)C2(OC(=O)c4cc(C(=O)O)ccc42)c2cc(F)c(OCc4cc(N(CC(=O)O)CC(=O)O)c(O[C@H]5CCC[C@H]5Oc5cc(OC)ccc5N(C)CC(=O)O)cc4[N+](=O)[O-])cc2C3(C)C)cc1N(C)CC(=O)O. The molecule has 580 valence electrons. The van der Waals surface area contributed by atoms with E-state index >= 15 is 8.78 Å². The van der Waals surface area contributed by atoms with Gasteiger partial charge in [-0.3, -0.25) is 44.2 Å². The molecule has 7 aromatic carbocycles. The zero-order valence-electron chi connectivity index (χ0n) is 60.3. The summed E-state index contributed by atoms with van der Waals surface area (Å²) in [7, 11) is 5.77. The van der Waals surface area contributed by atoms with Crippen molar-refractivity contribution in [1.82, 2.24) is 0 Å². The van der Waals surface area contributed by atoms with E-state index in [0.29, 0.717) is 55.0 Å². The molecule has 3 aliphatic carbocycles. The van der Waals surface area contributed by atoms with Crippen molar-refractivity contribution in [1.29, 1.82) is 0 Å². The number of fused-ring (bicyclic) bond motifs is 6. The lowest BCUT2D eigenvalue weighted by Crippen LogP contribution is -2.41. The Labute approximate surface area is 625 Å². The van der Waals surface area contributed by atoms with Crippen LogP contribution in [0.2, 0.25) is 0 Å². The number of ether oxygens (including phenoxy) is 9. The largest absolute Gasteiger partial charge is 0.497 e. The number of hydrogen-bond acceptors (Lipinski definition) is 24. The third kappa shape index (κ3) is 16.0. The first kappa shape index (κ1) is 78.2. The van der Waals surface area contributed by atoms with Crippen LogP contribution in [0.25, 0.3) is 0 Å². The predicted molar refractivity (Wildman–Crippen MR) is 385 cm³/mol. The fourth-order valence-electron chi connectivity index (χ4n) is 14.5. The molecule has 7 aromatic rings. The molecule has 1 unspecified atom stereocenters. The van der Waals surface area contributed by atoms with Crippen molar-refractivity contribution in [2.45, 2.75) is 108 Å². The lowest BCUT2D eigenvalue weighted by molar-refractivity contribution is -0.386. The van der Waals surface area contributed by atoms with Gasteiger partial charge in [0.15, 0.2) is 28.7 Å². The van der Waals surface area contributed by atoms with Crippen LogP contribution < -0.4 is 57.5 Å². The van der Waals surface area contributed by atoms with Crippen molar-refractivity contribution < 1.29 is 125 Å². The summed E-state index contributed by atoms with van der Waals surface area (Å²) < 4.78 is 90.5. The van der Waals surface area contributed by atoms with Gasteiger partial charge in [-0.25, -0.2) is 18.4 Å². The number of nitro groups is 2. The second kappa shape index (κ2) is 31.9. The van der Waals surface area contributed by atoms with Crippen LogP contribution in [-0.4, -0.2) is 174 Å². The number of hydrogen-bond donors (Lipinski definition) is 6. The van der Waals surface area contributed by atoms with Crippen molar-refractivity contribution in [2.24, 2.45) is 0 Å². The zero-order valence-corrected chi connectivity index (χ0v) is 60.3. The Bertz CT molecular complexity index is 4850. The third-order valence-corrected chi connectivity index (χ3v) is 19.7. The predicted octanol–water partition coefficient (Wildman–Crippen LogP) is 10.4. The summed E-state index contributed by atoms with van der Waals surface area (Å²) in [6.45, 7) is 0.171. The number of benzene rings is 7. The van der Waals surface area contributed by atoms with Crippen LogP contribution >= 0.6 is 0 Å². The lowest BCUT2D eigenvalue weighted by atomic mass is 9.61. The van der Waals surface area contributed by atoms with Gasteiger partial charge in [-0.15, -0.1) is 0 Å². The highest BCUT2D eigenvalue weighted by Crippen LogP contribution is 2.59. The van der Waals surface area contributed by atoms with Crippen LogP contribution in [0, 0.1) is 31.9 Å². The van der Waals surface area contributed by atoms with Crippen molar-refractivity contribution in [3.63, 3.8) is 0 Å². The summed E-state index contributed by atoms with van der Waals surface area (Å²) in [5.74, 6) is -12.0. The minimum Gasteiger partial charge on any atom is -0.497 e. The van der Waals surface area contributed by atoms with Gasteiger partial charge in [-0.1, -0.05) is 19.9 Å². The Balaban J connectivity index is 0.953. The van der Waals surface area contributed by atoms with Gasteiger partial charge in [0.25, 0.3) is 11.4 Å². The Kier molecular flexibility index (Phi) is 22.7. The molecule has 0 saturated heterocycles. The number of aliphatic carboxylic acids is 5. The molecular weight excluding hydrogens is 1450 g/mol. The number of aromatic carboxylic acids is 1. The number of halogens is 2. The van der Waals surface area contributed by atoms with E-state index in [2.05, 4.69) is 0 Å². The molecule has 11 rings (SSSR count). The Morgan fingerprint density at radius 3 is 1.34 bits per heavy atom. The van der Waals surface area contributed by atoms with E-state index in [4.69, 9.17) is 42.6 Å². The van der Waals surface area contributed by atoms with Crippen LogP contribution in [0.5, 0.6) is 46.0 Å². The number of anilines is 4. The maximum atomic E-state index is 17.5. The van der Waals surface area contributed by atoms with Crippen LogP contribution in [0.3, 0.4) is 0 Å². The molecule has 4 aliphatic rings. The number of likely N-dealkylation sites (N-methyl/N-ethyl adjacent to an activating group) is 3. The maximum Gasteiger partial charge on any atom is 0.340 e. The zero-order chi connectivity index (χ0) is 79.5. The van der Waals surface area contributed by atoms with Crippen molar-refractivity contribution >= 4 is 75.9 Å². The first-order valence-corrected chi connectivity index (χ1v) is 34.5. The van der Waals surface area contributed by atoms with Crippen LogP contribution in [0.1, 0.15) is 119 Å². The summed E-state index contributed by atoms with van der Waals surface area (Å²) in [6, 6.07) is 21.6. The molecule has 2 fully saturated rings. The average Bonchev–Trinajstić information content (AvgIpc) is 1.38. The van der Waals surface area contributed by atoms with Gasteiger partial charge >= 0.3 is 41.8 Å². The molecule has 1 heterocycles. The number of nitro benzene ring substituents is 2. The van der Waals surface area contributed by atoms with E-state index in [9.17, 15) is 84.4 Å². The van der Waals surface area contributed by atoms with Crippen LogP contribution in [0.4, 0.5) is 42.9 Å². The van der Waals surface area contributed by atoms with E-state index in [1.165, 1.54) is 68.4 Å². The summed E-state index contributed by atoms with van der Waals surface area (Å²) >= 11 is 0. The van der Waals surface area contributed by atoms with Crippen molar-refractivity contribution in [3.8, 4) is 46.0 Å². The Hall–Kier alpha value is -12.9. The molecule has 0 radical (unpaired) electrons. The number of carbonyl (C=O) groups excluding carboxylic acids is 1. The van der Waals surface area contributed by atoms with Crippen LogP contribution in [-0.2, 0) is 52.9 Å². The molecule has 0 bridgehead atoms. The first-order valence-electron chi connectivity index (χ1n) is 34.5. The number of carbonyl (C=O) groups is 7. The number of rotatable bonds is 34. The highest BCUT2D eigenvalue weighted by Gasteiger charge is 2.57. The molecule has 0 amide bonds. The standard InChI is InChI=1S/C76H76F2N6O26/c1-8-81(34-70(89)90)53-20-17-43(103-7)25-65(53)107-59-12-10-13-60(59)108-66-30-54(83(98)99)40(22-56(66)80(5)33-69(87)88)37-104-62-28-46-48(26-50(62)77)76(45-18-15-39(73(95)96)21-44(45)74(97)110-76)49-27-51(78)63(29-47(49)75(46,2)3)105-38-41-23-57(82(35-71(91)92)36-72(93)94)67(31-55(41)84(100)101)109-61-14-9-11-58(61)106-64-24-42(102-6)16-19-52(64)79(4)32-68(85)86/h15-31,58-61H,8-14,32-38H2,1-7H3,(H,85,86)(H,87,88)(H,89,90)(H,91,92)(H,93,94)(H,95,96)/t58-,59-,60+,61+,76?/m1/s1. The number of esters is 1. The van der Waals surface area contributed by atoms with Gasteiger partial charge < -0.3 is 92.9 Å². The monoisotopic (exact) mass is 1530 g/mol. The van der Waals surface area contributed by atoms with Crippen LogP contribution in [0.15, 0.2) is 103 Å². The maximum absolute atomic E-state index is 17.5. The van der Waals surface area contributed by atoms with E-state index in [1.807, 2.05) is 0 Å². The fourth-order valence-corrected chi connectivity index (χ4v) is 14.5. The Morgan fingerprint density at radius 2 is 0.909 bits per heavy atom. The van der Waals surface area contributed by atoms with E-state index < -0.39 is 161 Å². The van der Waals surface area contributed by atoms with Gasteiger partial charge in [-0.2, -0.15) is 0 Å². The van der Waals surface area contributed by atoms with Crippen molar-refractivity contribution in [3.05, 3.63) is 185 Å². The molecular formula is C76H76F2N6O26. The molecule has 1 spiro atoms. The molecule has 110 heavy (non-hydrogen) atoms. The van der Waals surface area contributed by atoms with Crippen molar-refractivity contribution in [2.75, 3.05) is 87.2 Å². The highest BCUT2D eigenvalue weighted by molar-refractivity contribution is 6.00. The fraction of sp³-hybridized carbons (Fsp3) is 0.355. The lowest BCUT2D eigenvalue weighted by Gasteiger charge is -2.44. The molecule has 34 heteroatoms. The van der Waals surface area contributed by atoms with Gasteiger partial charge in [0, 0.05) is 54.9 Å². The van der Waals surface area contributed by atoms with Gasteiger partial charge in [0.2, 0.25) is 0 Å². The van der Waals surface area contributed by atoms with E-state index in [1.54, 1.807) is 56.0 Å². The minimum absolute atomic E-state index is 0.0253. The second-order valence-electron chi connectivity index (χ2n) is 27.1. The Morgan fingerprint density at radius 1 is 0.500 bits per heavy atom. The summed E-state index contributed by atoms with van der Waals surface area (Å²) in [6.07, 6.45) is -0.995. The highest BCUT2D eigenvalue weighted by atomic mass is 19.1. The first-order chi connectivity index (χ1) is 52.2. The molecule has 2 saturated carbocycles. The van der Waals surface area contributed by atoms with E-state index in [-0.39, 0.29) is 104 Å². The smallest absolute Gasteiger partial charge is 0.340 e. The number of carboxylic acids is 6.